The minimum absolute atomic E-state index is 0.110. The molecule has 0 amide bonds. The van der Waals surface area contributed by atoms with E-state index in [2.05, 4.69) is 4.74 Å². The van der Waals surface area contributed by atoms with Gasteiger partial charge in [0.2, 0.25) is 0 Å². The van der Waals surface area contributed by atoms with Gasteiger partial charge in [-0.25, -0.2) is 4.79 Å². The number of ether oxygens (including phenoxy) is 2. The van der Waals surface area contributed by atoms with Crippen molar-refractivity contribution in [2.45, 2.75) is 5.92 Å². The zero-order valence-corrected chi connectivity index (χ0v) is 11.4. The van der Waals surface area contributed by atoms with Crippen molar-refractivity contribution in [1.82, 2.24) is 0 Å². The monoisotopic (exact) mass is 286 g/mol. The summed E-state index contributed by atoms with van der Waals surface area (Å²) in [5.74, 6) is -2.59. The van der Waals surface area contributed by atoms with Gasteiger partial charge in [-0.1, -0.05) is 30.3 Å². The molecule has 1 aliphatic heterocycles. The van der Waals surface area contributed by atoms with Gasteiger partial charge in [-0.15, -0.1) is 0 Å². The number of cyclic esters (lactones) is 1. The summed E-state index contributed by atoms with van der Waals surface area (Å²) in [6.07, 6.45) is 0. The van der Waals surface area contributed by atoms with E-state index in [1.165, 1.54) is 0 Å². The smallest absolute Gasteiger partial charge is 0.350 e. The van der Waals surface area contributed by atoms with Crippen LogP contribution in [0.4, 0.5) is 0 Å². The molecule has 0 aliphatic carbocycles. The molecule has 0 saturated carbocycles. The van der Waals surface area contributed by atoms with Crippen molar-refractivity contribution in [3.63, 3.8) is 0 Å². The van der Waals surface area contributed by atoms with Gasteiger partial charge in [-0.2, -0.15) is 5.26 Å². The van der Waals surface area contributed by atoms with E-state index in [9.17, 15) is 9.59 Å². The Labute approximate surface area is 121 Å². The van der Waals surface area contributed by atoms with Gasteiger partial charge < -0.3 is 15.2 Å². The van der Waals surface area contributed by atoms with Crippen molar-refractivity contribution >= 4 is 11.9 Å². The molecule has 0 bridgehead atoms. The molecule has 2 unspecified atom stereocenters. The number of hydrogen-bond donors (Lipinski definition) is 1. The van der Waals surface area contributed by atoms with Crippen LogP contribution in [0.3, 0.4) is 0 Å². The van der Waals surface area contributed by atoms with E-state index in [-0.39, 0.29) is 23.8 Å². The Morgan fingerprint density at radius 2 is 2.10 bits per heavy atom. The average Bonchev–Trinajstić information content (AvgIpc) is 2.90. The normalized spacial score (nSPS) is 22.0. The van der Waals surface area contributed by atoms with Crippen LogP contribution in [-0.2, 0) is 19.1 Å². The summed E-state index contributed by atoms with van der Waals surface area (Å²) in [4.78, 5) is 23.5. The summed E-state index contributed by atoms with van der Waals surface area (Å²) < 4.78 is 9.56. The molecule has 2 atom stereocenters. The summed E-state index contributed by atoms with van der Waals surface area (Å²) in [6, 6.07) is 10.9. The van der Waals surface area contributed by atoms with Crippen LogP contribution < -0.4 is 5.73 Å². The molecule has 0 radical (unpaired) electrons. The van der Waals surface area contributed by atoms with Gasteiger partial charge in [0.25, 0.3) is 0 Å². The number of carbonyl (C=O) groups excluding carboxylic acids is 2. The van der Waals surface area contributed by atoms with Crippen LogP contribution in [-0.4, -0.2) is 25.7 Å². The Balaban J connectivity index is 2.44. The van der Waals surface area contributed by atoms with Crippen LogP contribution in [0, 0.1) is 17.2 Å². The highest BCUT2D eigenvalue weighted by molar-refractivity contribution is 5.95. The number of carbonyl (C=O) groups is 2. The first-order chi connectivity index (χ1) is 10.1. The van der Waals surface area contributed by atoms with E-state index in [0.29, 0.717) is 0 Å². The fourth-order valence-corrected chi connectivity index (χ4v) is 2.34. The van der Waals surface area contributed by atoms with Crippen LogP contribution in [0.25, 0.3) is 0 Å². The molecule has 21 heavy (non-hydrogen) atoms. The largest absolute Gasteiger partial charge is 0.465 e. The number of benzene rings is 1. The average molecular weight is 286 g/mol. The van der Waals surface area contributed by atoms with Crippen LogP contribution >= 0.6 is 0 Å². The maximum absolute atomic E-state index is 11.9. The standard InChI is InChI=1S/C15H14N2O4/c1-20-14(18)10(7-16)13(17)12-11(8-21-15(12)19)9-5-3-2-4-6-9/h2-6,11-12H,8,17H2,1H3/b13-10-. The predicted octanol–water partition coefficient (Wildman–Crippen LogP) is 0.853. The Bertz CT molecular complexity index is 631. The molecule has 108 valence electrons. The Morgan fingerprint density at radius 1 is 1.43 bits per heavy atom. The van der Waals surface area contributed by atoms with Gasteiger partial charge in [-0.05, 0) is 5.56 Å². The minimum atomic E-state index is -0.860. The number of nitrogens with two attached hydrogens (primary N) is 1. The molecule has 1 fully saturated rings. The number of esters is 2. The molecule has 0 aromatic heterocycles. The maximum Gasteiger partial charge on any atom is 0.350 e. The van der Waals surface area contributed by atoms with Gasteiger partial charge >= 0.3 is 11.9 Å². The Kier molecular flexibility index (Phi) is 4.24. The number of nitrogens with zero attached hydrogens (tertiary/aromatic N) is 1. The fraction of sp³-hybridized carbons (Fsp3) is 0.267. The zero-order valence-electron chi connectivity index (χ0n) is 11.4. The van der Waals surface area contributed by atoms with Gasteiger partial charge in [0.15, 0.2) is 5.57 Å². The van der Waals surface area contributed by atoms with Crippen molar-refractivity contribution in [3.05, 3.63) is 47.2 Å². The molecular formula is C15H14N2O4. The summed E-state index contributed by atoms with van der Waals surface area (Å²) in [5, 5.41) is 9.06. The summed E-state index contributed by atoms with van der Waals surface area (Å²) in [5.41, 5.74) is 6.27. The molecular weight excluding hydrogens is 272 g/mol. The van der Waals surface area contributed by atoms with E-state index in [1.54, 1.807) is 6.07 Å². The Morgan fingerprint density at radius 3 is 2.67 bits per heavy atom. The molecule has 1 aromatic carbocycles. The number of hydrogen-bond acceptors (Lipinski definition) is 6. The van der Waals surface area contributed by atoms with Crippen molar-refractivity contribution in [1.29, 1.82) is 5.26 Å². The molecule has 6 nitrogen and oxygen atoms in total. The SMILES string of the molecule is COC(=O)/C(C#N)=C(\N)C1C(=O)OCC1c1ccccc1. The van der Waals surface area contributed by atoms with Crippen LogP contribution in [0.15, 0.2) is 41.6 Å². The van der Waals surface area contributed by atoms with Gasteiger partial charge in [0, 0.05) is 11.6 Å². The van der Waals surface area contributed by atoms with Crippen LogP contribution in [0.5, 0.6) is 0 Å². The highest BCUT2D eigenvalue weighted by Crippen LogP contribution is 2.35. The second kappa shape index (κ2) is 6.09. The second-order valence-corrected chi connectivity index (χ2v) is 4.56. The van der Waals surface area contributed by atoms with E-state index in [1.807, 2.05) is 30.3 Å². The second-order valence-electron chi connectivity index (χ2n) is 4.56. The molecule has 1 aliphatic rings. The lowest BCUT2D eigenvalue weighted by Crippen LogP contribution is -2.26. The maximum atomic E-state index is 11.9. The number of methoxy groups -OCH3 is 1. The molecule has 1 saturated heterocycles. The van der Waals surface area contributed by atoms with Gasteiger partial charge in [-0.3, -0.25) is 4.79 Å². The summed E-state index contributed by atoms with van der Waals surface area (Å²) in [7, 11) is 1.15. The number of rotatable bonds is 3. The van der Waals surface area contributed by atoms with E-state index < -0.39 is 17.9 Å². The molecule has 1 heterocycles. The lowest BCUT2D eigenvalue weighted by molar-refractivity contribution is -0.140. The van der Waals surface area contributed by atoms with Gasteiger partial charge in [0.05, 0.1) is 13.7 Å². The van der Waals surface area contributed by atoms with E-state index >= 15 is 0 Å². The minimum Gasteiger partial charge on any atom is -0.465 e. The highest BCUT2D eigenvalue weighted by atomic mass is 16.5. The lowest BCUT2D eigenvalue weighted by Gasteiger charge is -2.16. The van der Waals surface area contributed by atoms with Crippen molar-refractivity contribution in [3.8, 4) is 6.07 Å². The molecule has 1 aromatic rings. The van der Waals surface area contributed by atoms with Crippen molar-refractivity contribution in [2.75, 3.05) is 13.7 Å². The molecule has 0 spiro atoms. The van der Waals surface area contributed by atoms with Crippen molar-refractivity contribution < 1.29 is 19.1 Å². The number of nitriles is 1. The topological polar surface area (TPSA) is 102 Å². The van der Waals surface area contributed by atoms with Crippen LogP contribution in [0.1, 0.15) is 11.5 Å². The third-order valence-corrected chi connectivity index (χ3v) is 3.41. The van der Waals surface area contributed by atoms with Crippen LogP contribution in [0.2, 0.25) is 0 Å². The quantitative estimate of drug-likeness (QED) is 0.502. The lowest BCUT2D eigenvalue weighted by atomic mass is 9.85. The van der Waals surface area contributed by atoms with E-state index in [4.69, 9.17) is 15.7 Å². The first-order valence-corrected chi connectivity index (χ1v) is 6.29. The highest BCUT2D eigenvalue weighted by Gasteiger charge is 2.41. The van der Waals surface area contributed by atoms with Gasteiger partial charge in [0.1, 0.15) is 12.0 Å². The summed E-state index contributed by atoms with van der Waals surface area (Å²) in [6.45, 7) is 0.161. The summed E-state index contributed by atoms with van der Waals surface area (Å²) >= 11 is 0. The zero-order chi connectivity index (χ0) is 15.4. The predicted molar refractivity (Wildman–Crippen MR) is 72.5 cm³/mol. The third-order valence-electron chi connectivity index (χ3n) is 3.41. The van der Waals surface area contributed by atoms with E-state index in [0.717, 1.165) is 12.7 Å². The fourth-order valence-electron chi connectivity index (χ4n) is 2.34. The Hall–Kier alpha value is -2.81. The van der Waals surface area contributed by atoms with Crippen molar-refractivity contribution in [2.24, 2.45) is 11.7 Å². The molecule has 2 N–H and O–H groups in total. The molecule has 2 rings (SSSR count). The molecule has 6 heteroatoms. The first-order valence-electron chi connectivity index (χ1n) is 6.29. The third kappa shape index (κ3) is 2.72. The first kappa shape index (κ1) is 14.6.